The van der Waals surface area contributed by atoms with Gasteiger partial charge in [0.05, 0.1) is 12.7 Å². The van der Waals surface area contributed by atoms with Gasteiger partial charge in [-0.3, -0.25) is 14.9 Å². The first-order valence-corrected chi connectivity index (χ1v) is 9.27. The van der Waals surface area contributed by atoms with Gasteiger partial charge in [-0.05, 0) is 42.5 Å². The first-order chi connectivity index (χ1) is 12.5. The van der Waals surface area contributed by atoms with E-state index in [0.717, 1.165) is 10.4 Å². The van der Waals surface area contributed by atoms with Crippen molar-refractivity contribution in [2.45, 2.75) is 40.0 Å². The minimum Gasteiger partial charge on any atom is -0.453 e. The van der Waals surface area contributed by atoms with E-state index in [-0.39, 0.29) is 16.9 Å². The standard InChI is InChI=1S/C20H24N2O4S/c1-11-12(2)27-18(15(11)17(24)22-19(25)26-6)21-16(23)13-7-9-14(10-8-13)20(3,4)5/h7-10H,1-6H3,(H,21,23)(H,22,24,25). The summed E-state index contributed by atoms with van der Waals surface area (Å²) in [4.78, 5) is 37.2. The monoisotopic (exact) mass is 388 g/mol. The molecule has 0 bridgehead atoms. The number of methoxy groups -OCH3 is 1. The van der Waals surface area contributed by atoms with Crippen LogP contribution in [0.25, 0.3) is 0 Å². The van der Waals surface area contributed by atoms with E-state index < -0.39 is 12.0 Å². The molecule has 1 aromatic carbocycles. The molecule has 7 heteroatoms. The van der Waals surface area contributed by atoms with E-state index >= 15 is 0 Å². The quantitative estimate of drug-likeness (QED) is 0.816. The van der Waals surface area contributed by atoms with Gasteiger partial charge in [0.25, 0.3) is 11.8 Å². The van der Waals surface area contributed by atoms with Gasteiger partial charge >= 0.3 is 6.09 Å². The third-order valence-electron chi connectivity index (χ3n) is 4.25. The highest BCUT2D eigenvalue weighted by Crippen LogP contribution is 2.33. The fourth-order valence-corrected chi connectivity index (χ4v) is 3.54. The summed E-state index contributed by atoms with van der Waals surface area (Å²) in [6.07, 6.45) is -0.849. The molecule has 1 aromatic heterocycles. The van der Waals surface area contributed by atoms with Crippen LogP contribution in [0.4, 0.5) is 9.80 Å². The third kappa shape index (κ3) is 4.74. The summed E-state index contributed by atoms with van der Waals surface area (Å²) in [7, 11) is 1.18. The Bertz CT molecular complexity index is 877. The maximum absolute atomic E-state index is 12.6. The lowest BCUT2D eigenvalue weighted by Gasteiger charge is -2.19. The van der Waals surface area contributed by atoms with Crippen LogP contribution in [0.1, 0.15) is 57.5 Å². The first-order valence-electron chi connectivity index (χ1n) is 8.45. The van der Waals surface area contributed by atoms with Crippen molar-refractivity contribution in [2.24, 2.45) is 0 Å². The number of amides is 3. The van der Waals surface area contributed by atoms with E-state index in [4.69, 9.17) is 0 Å². The van der Waals surface area contributed by atoms with Gasteiger partial charge in [0.1, 0.15) is 5.00 Å². The summed E-state index contributed by atoms with van der Waals surface area (Å²) in [5, 5.41) is 5.32. The van der Waals surface area contributed by atoms with E-state index in [1.807, 2.05) is 19.1 Å². The predicted octanol–water partition coefficient (Wildman–Crippen LogP) is 4.41. The van der Waals surface area contributed by atoms with Crippen LogP contribution < -0.4 is 10.6 Å². The predicted molar refractivity (Wildman–Crippen MR) is 107 cm³/mol. The lowest BCUT2D eigenvalue weighted by molar-refractivity contribution is 0.0937. The lowest BCUT2D eigenvalue weighted by atomic mass is 9.87. The highest BCUT2D eigenvalue weighted by Gasteiger charge is 2.23. The Hall–Kier alpha value is -2.67. The molecule has 1 heterocycles. The number of ether oxygens (including phenoxy) is 1. The fourth-order valence-electron chi connectivity index (χ4n) is 2.49. The number of nitrogens with one attached hydrogen (secondary N) is 2. The zero-order chi connectivity index (χ0) is 20.4. The Morgan fingerprint density at radius 3 is 2.11 bits per heavy atom. The molecule has 0 aliphatic rings. The second-order valence-electron chi connectivity index (χ2n) is 7.21. The Balaban J connectivity index is 2.26. The summed E-state index contributed by atoms with van der Waals surface area (Å²) >= 11 is 1.29. The molecule has 0 atom stereocenters. The largest absolute Gasteiger partial charge is 0.453 e. The van der Waals surface area contributed by atoms with E-state index in [1.165, 1.54) is 18.4 Å². The highest BCUT2D eigenvalue weighted by atomic mass is 32.1. The molecule has 144 valence electrons. The van der Waals surface area contributed by atoms with Gasteiger partial charge in [-0.2, -0.15) is 0 Å². The van der Waals surface area contributed by atoms with Crippen molar-refractivity contribution in [1.82, 2.24) is 5.32 Å². The molecule has 2 N–H and O–H groups in total. The van der Waals surface area contributed by atoms with Crippen LogP contribution in [0.5, 0.6) is 0 Å². The van der Waals surface area contributed by atoms with Crippen molar-refractivity contribution in [2.75, 3.05) is 12.4 Å². The summed E-state index contributed by atoms with van der Waals surface area (Å²) in [5.74, 6) is -0.925. The molecule has 0 saturated carbocycles. The SMILES string of the molecule is COC(=O)NC(=O)c1c(NC(=O)c2ccc(C(C)(C)C)cc2)sc(C)c1C. The minimum atomic E-state index is -0.849. The first kappa shape index (κ1) is 20.6. The number of thiophene rings is 1. The van der Waals surface area contributed by atoms with Crippen molar-refractivity contribution >= 4 is 34.2 Å². The molecule has 27 heavy (non-hydrogen) atoms. The van der Waals surface area contributed by atoms with Crippen molar-refractivity contribution in [3.05, 3.63) is 51.4 Å². The van der Waals surface area contributed by atoms with Crippen molar-refractivity contribution in [1.29, 1.82) is 0 Å². The Morgan fingerprint density at radius 2 is 1.59 bits per heavy atom. The minimum absolute atomic E-state index is 0.00384. The summed E-state index contributed by atoms with van der Waals surface area (Å²) in [6, 6.07) is 7.37. The number of aryl methyl sites for hydroxylation is 1. The van der Waals surface area contributed by atoms with Gasteiger partial charge < -0.3 is 10.1 Å². The smallest absolute Gasteiger partial charge is 0.413 e. The number of alkyl carbamates (subject to hydrolysis) is 1. The van der Waals surface area contributed by atoms with E-state index in [2.05, 4.69) is 36.1 Å². The van der Waals surface area contributed by atoms with Crippen LogP contribution >= 0.6 is 11.3 Å². The molecular formula is C20H24N2O4S. The summed E-state index contributed by atoms with van der Waals surface area (Å²) in [5.41, 5.74) is 2.59. The number of carbonyl (C=O) groups excluding carboxylic acids is 3. The molecular weight excluding hydrogens is 364 g/mol. The molecule has 0 unspecified atom stereocenters. The normalized spacial score (nSPS) is 11.0. The Labute approximate surface area is 162 Å². The topological polar surface area (TPSA) is 84.5 Å². The molecule has 0 aliphatic carbocycles. The number of rotatable bonds is 3. The van der Waals surface area contributed by atoms with Crippen LogP contribution in [0.2, 0.25) is 0 Å². The molecule has 3 amide bonds. The number of carbonyl (C=O) groups is 3. The fraction of sp³-hybridized carbons (Fsp3) is 0.350. The van der Waals surface area contributed by atoms with Gasteiger partial charge in [-0.1, -0.05) is 32.9 Å². The third-order valence-corrected chi connectivity index (χ3v) is 5.38. The lowest BCUT2D eigenvalue weighted by Crippen LogP contribution is -2.31. The summed E-state index contributed by atoms with van der Waals surface area (Å²) < 4.78 is 4.46. The van der Waals surface area contributed by atoms with Gasteiger partial charge in [-0.15, -0.1) is 11.3 Å². The second kappa shape index (κ2) is 7.92. The van der Waals surface area contributed by atoms with Gasteiger partial charge in [0.15, 0.2) is 0 Å². The number of imide groups is 1. The van der Waals surface area contributed by atoms with Crippen LogP contribution in [0.15, 0.2) is 24.3 Å². The van der Waals surface area contributed by atoms with Gasteiger partial charge in [0, 0.05) is 10.4 Å². The van der Waals surface area contributed by atoms with Crippen LogP contribution in [-0.2, 0) is 10.2 Å². The molecule has 0 fully saturated rings. The Kier molecular flexibility index (Phi) is 6.05. The molecule has 2 rings (SSSR count). The van der Waals surface area contributed by atoms with Crippen molar-refractivity contribution in [3.63, 3.8) is 0 Å². The average molecular weight is 388 g/mol. The van der Waals surface area contributed by atoms with E-state index in [0.29, 0.717) is 16.1 Å². The summed E-state index contributed by atoms with van der Waals surface area (Å²) in [6.45, 7) is 9.93. The Morgan fingerprint density at radius 1 is 1.00 bits per heavy atom. The van der Waals surface area contributed by atoms with Crippen LogP contribution in [-0.4, -0.2) is 25.0 Å². The molecule has 0 radical (unpaired) electrons. The second-order valence-corrected chi connectivity index (χ2v) is 8.44. The maximum Gasteiger partial charge on any atom is 0.413 e. The molecule has 0 saturated heterocycles. The number of benzene rings is 1. The van der Waals surface area contributed by atoms with Crippen LogP contribution in [0.3, 0.4) is 0 Å². The van der Waals surface area contributed by atoms with E-state index in [9.17, 15) is 14.4 Å². The number of hydrogen-bond donors (Lipinski definition) is 2. The van der Waals surface area contributed by atoms with Crippen LogP contribution in [0, 0.1) is 13.8 Å². The zero-order valence-electron chi connectivity index (χ0n) is 16.4. The van der Waals surface area contributed by atoms with E-state index in [1.54, 1.807) is 19.1 Å². The molecule has 6 nitrogen and oxygen atoms in total. The van der Waals surface area contributed by atoms with Crippen molar-refractivity contribution < 1.29 is 19.1 Å². The number of anilines is 1. The van der Waals surface area contributed by atoms with Gasteiger partial charge in [-0.25, -0.2) is 4.79 Å². The molecule has 2 aromatic rings. The zero-order valence-corrected chi connectivity index (χ0v) is 17.2. The molecule has 0 spiro atoms. The maximum atomic E-state index is 12.6. The number of hydrogen-bond acceptors (Lipinski definition) is 5. The van der Waals surface area contributed by atoms with Crippen molar-refractivity contribution in [3.8, 4) is 0 Å². The molecule has 0 aliphatic heterocycles. The average Bonchev–Trinajstić information content (AvgIpc) is 2.87. The van der Waals surface area contributed by atoms with Gasteiger partial charge in [0.2, 0.25) is 0 Å². The highest BCUT2D eigenvalue weighted by molar-refractivity contribution is 7.16.